The zero-order valence-corrected chi connectivity index (χ0v) is 5.42. The summed E-state index contributed by atoms with van der Waals surface area (Å²) < 4.78 is 8.31. The highest BCUT2D eigenvalue weighted by Crippen LogP contribution is 1.77. The van der Waals surface area contributed by atoms with Gasteiger partial charge in [-0.15, -0.1) is 0 Å². The molecule has 10 heavy (non-hydrogen) atoms. The Balaban J connectivity index is 3.20. The molecular weight excluding hydrogens is 140 g/mol. The molecule has 0 atom stereocenters. The first-order valence-electron chi connectivity index (χ1n) is 2.41. The lowest BCUT2D eigenvalue weighted by molar-refractivity contribution is 0.0691. The van der Waals surface area contributed by atoms with Gasteiger partial charge >= 0.3 is 12.2 Å². The fraction of sp³-hybridized carbons (Fsp3) is 0.500. The average molecular weight is 148 g/mol. The van der Waals surface area contributed by atoms with Gasteiger partial charge in [0.05, 0.1) is 7.11 Å². The van der Waals surface area contributed by atoms with Crippen LogP contribution in [0.3, 0.4) is 0 Å². The van der Waals surface area contributed by atoms with E-state index in [1.165, 1.54) is 0 Å². The number of urea groups is 1. The SMILES string of the molecule is COC(=O)OCNC(N)=O. The van der Waals surface area contributed by atoms with Crippen LogP contribution in [0.2, 0.25) is 0 Å². The molecule has 0 aliphatic rings. The first-order chi connectivity index (χ1) is 4.66. The van der Waals surface area contributed by atoms with Gasteiger partial charge in [-0.25, -0.2) is 9.59 Å². The summed E-state index contributed by atoms with van der Waals surface area (Å²) in [6.45, 7) is -0.276. The van der Waals surface area contributed by atoms with Crippen LogP contribution >= 0.6 is 0 Å². The van der Waals surface area contributed by atoms with Crippen molar-refractivity contribution in [2.75, 3.05) is 13.8 Å². The molecule has 0 heterocycles. The average Bonchev–Trinajstić information content (AvgIpc) is 1.87. The van der Waals surface area contributed by atoms with Crippen LogP contribution in [-0.4, -0.2) is 26.0 Å². The van der Waals surface area contributed by atoms with Crippen LogP contribution in [-0.2, 0) is 9.47 Å². The van der Waals surface area contributed by atoms with E-state index in [-0.39, 0.29) is 6.73 Å². The summed E-state index contributed by atoms with van der Waals surface area (Å²) >= 11 is 0. The Kier molecular flexibility index (Phi) is 3.78. The van der Waals surface area contributed by atoms with Crippen LogP contribution in [0, 0.1) is 0 Å². The second kappa shape index (κ2) is 4.42. The molecule has 0 saturated heterocycles. The molecule has 0 unspecified atom stereocenters. The minimum atomic E-state index is -0.867. The number of nitrogens with one attached hydrogen (secondary N) is 1. The van der Waals surface area contributed by atoms with Crippen molar-refractivity contribution in [3.63, 3.8) is 0 Å². The highest BCUT2D eigenvalue weighted by atomic mass is 16.7. The largest absolute Gasteiger partial charge is 0.509 e. The molecule has 0 aromatic heterocycles. The lowest BCUT2D eigenvalue weighted by Gasteiger charge is -2.01. The smallest absolute Gasteiger partial charge is 0.438 e. The lowest BCUT2D eigenvalue weighted by Crippen LogP contribution is -2.32. The number of methoxy groups -OCH3 is 1. The van der Waals surface area contributed by atoms with Gasteiger partial charge in [-0.1, -0.05) is 0 Å². The molecule has 0 bridgehead atoms. The second-order valence-corrected chi connectivity index (χ2v) is 1.28. The second-order valence-electron chi connectivity index (χ2n) is 1.28. The lowest BCUT2D eigenvalue weighted by atomic mass is 11.0. The van der Waals surface area contributed by atoms with Crippen molar-refractivity contribution in [1.29, 1.82) is 0 Å². The van der Waals surface area contributed by atoms with Crippen LogP contribution in [0.15, 0.2) is 0 Å². The van der Waals surface area contributed by atoms with Gasteiger partial charge < -0.3 is 20.5 Å². The molecule has 58 valence electrons. The van der Waals surface area contributed by atoms with Crippen LogP contribution in [0.25, 0.3) is 0 Å². The standard InChI is InChI=1S/C4H8N2O4/c1-9-4(8)10-2-6-3(5)7/h2H2,1H3,(H3,5,6,7). The van der Waals surface area contributed by atoms with Crippen LogP contribution in [0.4, 0.5) is 9.59 Å². The molecule has 0 radical (unpaired) electrons. The number of nitrogens with two attached hydrogens (primary N) is 1. The Hall–Kier alpha value is -1.46. The summed E-state index contributed by atoms with van der Waals surface area (Å²) in [7, 11) is 1.16. The molecule has 0 spiro atoms. The summed E-state index contributed by atoms with van der Waals surface area (Å²) in [6, 6.07) is -0.760. The molecule has 0 aliphatic heterocycles. The van der Waals surface area contributed by atoms with Crippen molar-refractivity contribution < 1.29 is 19.1 Å². The number of carbonyl (C=O) groups excluding carboxylic acids is 2. The van der Waals surface area contributed by atoms with Crippen LogP contribution in [0.1, 0.15) is 0 Å². The van der Waals surface area contributed by atoms with Crippen molar-refractivity contribution in [3.05, 3.63) is 0 Å². The third-order valence-electron chi connectivity index (χ3n) is 0.603. The maximum absolute atomic E-state index is 10.2. The predicted octanol–water partition coefficient (Wildman–Crippen LogP) is -0.605. The molecule has 0 aromatic rings. The Morgan fingerprint density at radius 1 is 1.60 bits per heavy atom. The van der Waals surface area contributed by atoms with E-state index in [9.17, 15) is 9.59 Å². The number of carbonyl (C=O) groups is 2. The van der Waals surface area contributed by atoms with Crippen molar-refractivity contribution in [3.8, 4) is 0 Å². The quantitative estimate of drug-likeness (QED) is 0.404. The molecule has 0 aromatic carbocycles. The van der Waals surface area contributed by atoms with E-state index in [1.807, 2.05) is 5.32 Å². The Morgan fingerprint density at radius 2 is 2.20 bits per heavy atom. The van der Waals surface area contributed by atoms with Gasteiger partial charge in [0.25, 0.3) is 0 Å². The zero-order valence-electron chi connectivity index (χ0n) is 5.42. The molecule has 0 fully saturated rings. The first kappa shape index (κ1) is 8.54. The zero-order chi connectivity index (χ0) is 7.98. The third-order valence-corrected chi connectivity index (χ3v) is 0.603. The molecule has 2 amide bonds. The van der Waals surface area contributed by atoms with Crippen molar-refractivity contribution in [1.82, 2.24) is 5.32 Å². The van der Waals surface area contributed by atoms with Gasteiger partial charge in [0.1, 0.15) is 0 Å². The fourth-order valence-electron chi connectivity index (χ4n) is 0.225. The molecular formula is C4H8N2O4. The number of primary amides is 1. The third kappa shape index (κ3) is 4.69. The highest BCUT2D eigenvalue weighted by molar-refractivity contribution is 5.71. The summed E-state index contributed by atoms with van der Waals surface area (Å²) in [5.74, 6) is 0. The van der Waals surface area contributed by atoms with Crippen molar-refractivity contribution in [2.45, 2.75) is 0 Å². The topological polar surface area (TPSA) is 90.7 Å². The van der Waals surface area contributed by atoms with E-state index in [0.717, 1.165) is 7.11 Å². The maximum Gasteiger partial charge on any atom is 0.509 e. The van der Waals surface area contributed by atoms with Crippen LogP contribution < -0.4 is 11.1 Å². The monoisotopic (exact) mass is 148 g/mol. The minimum absolute atomic E-state index is 0.276. The van der Waals surface area contributed by atoms with Crippen molar-refractivity contribution >= 4 is 12.2 Å². The molecule has 0 rings (SSSR count). The molecule has 6 nitrogen and oxygen atoms in total. The van der Waals surface area contributed by atoms with Crippen LogP contribution in [0.5, 0.6) is 0 Å². The summed E-state index contributed by atoms with van der Waals surface area (Å²) in [4.78, 5) is 20.1. The van der Waals surface area contributed by atoms with E-state index in [2.05, 4.69) is 15.2 Å². The van der Waals surface area contributed by atoms with Crippen molar-refractivity contribution in [2.24, 2.45) is 5.73 Å². The van der Waals surface area contributed by atoms with Gasteiger partial charge in [-0.05, 0) is 0 Å². The van der Waals surface area contributed by atoms with Gasteiger partial charge in [0.15, 0.2) is 6.73 Å². The Labute approximate surface area is 57.3 Å². The summed E-state index contributed by atoms with van der Waals surface area (Å²) in [6.07, 6.45) is -0.867. The molecule has 0 saturated carbocycles. The molecule has 3 N–H and O–H groups in total. The van der Waals surface area contributed by atoms with E-state index < -0.39 is 12.2 Å². The van der Waals surface area contributed by atoms with Gasteiger partial charge in [-0.3, -0.25) is 0 Å². The normalized spacial score (nSPS) is 8.10. The number of rotatable bonds is 2. The molecule has 0 aliphatic carbocycles. The van der Waals surface area contributed by atoms with Gasteiger partial charge in [0, 0.05) is 0 Å². The van der Waals surface area contributed by atoms with E-state index in [1.54, 1.807) is 0 Å². The maximum atomic E-state index is 10.2. The first-order valence-corrected chi connectivity index (χ1v) is 2.41. The summed E-state index contributed by atoms with van der Waals surface area (Å²) in [5, 5.41) is 2.03. The van der Waals surface area contributed by atoms with E-state index >= 15 is 0 Å². The molecule has 6 heteroatoms. The fourth-order valence-corrected chi connectivity index (χ4v) is 0.225. The minimum Gasteiger partial charge on any atom is -0.438 e. The summed E-state index contributed by atoms with van der Waals surface area (Å²) in [5.41, 5.74) is 4.64. The number of ether oxygens (including phenoxy) is 2. The predicted molar refractivity (Wildman–Crippen MR) is 31.1 cm³/mol. The Bertz CT molecular complexity index is 135. The van der Waals surface area contributed by atoms with Gasteiger partial charge in [0.2, 0.25) is 0 Å². The number of hydrogen-bond acceptors (Lipinski definition) is 4. The van der Waals surface area contributed by atoms with Gasteiger partial charge in [-0.2, -0.15) is 0 Å². The number of amides is 2. The number of hydrogen-bond donors (Lipinski definition) is 2. The Morgan fingerprint density at radius 3 is 2.60 bits per heavy atom. The van der Waals surface area contributed by atoms with E-state index in [0.29, 0.717) is 0 Å². The highest BCUT2D eigenvalue weighted by Gasteiger charge is 1.98. The van der Waals surface area contributed by atoms with E-state index in [4.69, 9.17) is 0 Å².